The van der Waals surface area contributed by atoms with Gasteiger partial charge in [0.25, 0.3) is 5.91 Å². The number of thiophene rings is 1. The van der Waals surface area contributed by atoms with Crippen LogP contribution in [0.2, 0.25) is 0 Å². The number of nitrogens with one attached hydrogen (secondary N) is 3. The lowest BCUT2D eigenvalue weighted by Crippen LogP contribution is -2.33. The maximum atomic E-state index is 13.3. The van der Waals surface area contributed by atoms with Crippen molar-refractivity contribution >= 4 is 28.8 Å². The molecule has 0 aliphatic carbocycles. The van der Waals surface area contributed by atoms with Gasteiger partial charge in [0.15, 0.2) is 0 Å². The molecule has 9 nitrogen and oxygen atoms in total. The number of carbonyl (C=O) groups is 2. The first-order chi connectivity index (χ1) is 19.5. The highest BCUT2D eigenvalue weighted by Crippen LogP contribution is 2.33. The van der Waals surface area contributed by atoms with E-state index in [0.717, 1.165) is 29.7 Å². The van der Waals surface area contributed by atoms with Gasteiger partial charge in [0.2, 0.25) is 5.91 Å². The lowest BCUT2D eigenvalue weighted by molar-refractivity contribution is -0.121. The monoisotopic (exact) mass is 559 g/mol. The number of anilines is 1. The molecule has 3 heterocycles. The Morgan fingerprint density at radius 1 is 1.18 bits per heavy atom. The van der Waals surface area contributed by atoms with Crippen LogP contribution in [0, 0.1) is 5.92 Å². The summed E-state index contributed by atoms with van der Waals surface area (Å²) in [6.07, 6.45) is 4.82. The number of H-pyrrole nitrogens is 1. The summed E-state index contributed by atoms with van der Waals surface area (Å²) < 4.78 is 12.0. The van der Waals surface area contributed by atoms with Gasteiger partial charge >= 0.3 is 0 Å². The molecule has 1 unspecified atom stereocenters. The lowest BCUT2D eigenvalue weighted by Gasteiger charge is -2.25. The molecule has 0 spiro atoms. The molecule has 1 aliphatic rings. The molecular weight excluding hydrogens is 526 g/mol. The summed E-state index contributed by atoms with van der Waals surface area (Å²) in [7, 11) is 3.96. The van der Waals surface area contributed by atoms with Gasteiger partial charge in [-0.25, -0.2) is 0 Å². The van der Waals surface area contributed by atoms with Crippen LogP contribution in [0.25, 0.3) is 11.1 Å². The van der Waals surface area contributed by atoms with Crippen LogP contribution in [0.5, 0.6) is 11.5 Å². The Hall–Kier alpha value is -4.15. The van der Waals surface area contributed by atoms with E-state index in [0.29, 0.717) is 42.3 Å². The normalized spacial score (nSPS) is 14.3. The predicted octanol–water partition coefficient (Wildman–Crippen LogP) is 4.24. The van der Waals surface area contributed by atoms with Crippen LogP contribution in [-0.2, 0) is 17.6 Å². The van der Waals surface area contributed by atoms with Crippen molar-refractivity contribution in [2.75, 3.05) is 45.7 Å². The largest absolute Gasteiger partial charge is 0.492 e. The number of aromatic amines is 1. The molecule has 0 bridgehead atoms. The number of aromatic nitrogens is 2. The highest BCUT2D eigenvalue weighted by Gasteiger charge is 2.27. The number of carbonyl (C=O) groups excluding carboxylic acids is 2. The Labute approximate surface area is 237 Å². The van der Waals surface area contributed by atoms with Crippen LogP contribution in [0.1, 0.15) is 20.8 Å². The predicted molar refractivity (Wildman–Crippen MR) is 156 cm³/mol. The number of nitrogens with zero attached hydrogens (tertiary/aromatic N) is 2. The van der Waals surface area contributed by atoms with Gasteiger partial charge in [-0.1, -0.05) is 12.1 Å². The Balaban J connectivity index is 1.24. The maximum Gasteiger partial charge on any atom is 0.251 e. The molecule has 5 rings (SSSR count). The van der Waals surface area contributed by atoms with Crippen LogP contribution in [0.4, 0.5) is 5.69 Å². The van der Waals surface area contributed by atoms with E-state index in [2.05, 4.69) is 26.9 Å². The molecule has 0 saturated heterocycles. The number of rotatable bonds is 11. The molecule has 2 amide bonds. The molecule has 0 fully saturated rings. The second-order valence-corrected chi connectivity index (χ2v) is 11.0. The van der Waals surface area contributed by atoms with E-state index < -0.39 is 5.92 Å². The minimum absolute atomic E-state index is 0.136. The number of hydrogen-bond donors (Lipinski definition) is 3. The molecule has 208 valence electrons. The zero-order chi connectivity index (χ0) is 27.9. The van der Waals surface area contributed by atoms with Crippen molar-refractivity contribution < 1.29 is 19.1 Å². The van der Waals surface area contributed by atoms with E-state index in [1.807, 2.05) is 67.0 Å². The van der Waals surface area contributed by atoms with Crippen molar-refractivity contribution in [3.63, 3.8) is 0 Å². The van der Waals surface area contributed by atoms with Gasteiger partial charge in [-0.15, -0.1) is 11.3 Å². The van der Waals surface area contributed by atoms with Crippen molar-refractivity contribution in [3.05, 3.63) is 82.3 Å². The Morgan fingerprint density at radius 2 is 2.08 bits per heavy atom. The van der Waals surface area contributed by atoms with E-state index in [4.69, 9.17) is 9.47 Å². The van der Waals surface area contributed by atoms with E-state index in [-0.39, 0.29) is 18.4 Å². The minimum Gasteiger partial charge on any atom is -0.492 e. The van der Waals surface area contributed by atoms with Gasteiger partial charge in [0.05, 0.1) is 17.8 Å². The second-order valence-electron chi connectivity index (χ2n) is 9.96. The summed E-state index contributed by atoms with van der Waals surface area (Å²) >= 11 is 1.68. The highest BCUT2D eigenvalue weighted by atomic mass is 32.1. The van der Waals surface area contributed by atoms with Gasteiger partial charge in [-0.3, -0.25) is 14.7 Å². The number of ether oxygens (including phenoxy) is 2. The average Bonchev–Trinajstić information content (AvgIpc) is 3.68. The van der Waals surface area contributed by atoms with Crippen LogP contribution in [-0.4, -0.2) is 67.3 Å². The third kappa shape index (κ3) is 6.88. The molecule has 10 heteroatoms. The van der Waals surface area contributed by atoms with Crippen LogP contribution in [0.15, 0.2) is 66.3 Å². The quantitative estimate of drug-likeness (QED) is 0.254. The summed E-state index contributed by atoms with van der Waals surface area (Å²) in [5.74, 6) is 0.588. The third-order valence-corrected chi connectivity index (χ3v) is 7.64. The van der Waals surface area contributed by atoms with Gasteiger partial charge in [0.1, 0.15) is 24.7 Å². The molecule has 2 aromatic heterocycles. The average molecular weight is 560 g/mol. The summed E-state index contributed by atoms with van der Waals surface area (Å²) in [5.41, 5.74) is 3.86. The summed E-state index contributed by atoms with van der Waals surface area (Å²) in [6.45, 7) is 2.04. The third-order valence-electron chi connectivity index (χ3n) is 6.70. The van der Waals surface area contributed by atoms with Crippen molar-refractivity contribution in [2.24, 2.45) is 5.92 Å². The maximum absolute atomic E-state index is 13.3. The molecule has 2 aromatic carbocycles. The number of amides is 2. The zero-order valence-electron chi connectivity index (χ0n) is 22.6. The van der Waals surface area contributed by atoms with Crippen LogP contribution >= 0.6 is 11.3 Å². The van der Waals surface area contributed by atoms with E-state index in [1.165, 1.54) is 4.88 Å². The SMILES string of the molecule is CN(C)CCOc1cc(-c2cn[nH]c2)ccc1NC(=O)C1COc2ccc(C(=O)NCCc3cccs3)cc2C1. The van der Waals surface area contributed by atoms with Crippen LogP contribution < -0.4 is 20.1 Å². The number of hydrogen-bond acceptors (Lipinski definition) is 7. The van der Waals surface area contributed by atoms with E-state index >= 15 is 0 Å². The minimum atomic E-state index is -0.409. The molecular formula is C30H33N5O4S. The number of likely N-dealkylation sites (N-methyl/N-ethyl adjacent to an activating group) is 1. The smallest absolute Gasteiger partial charge is 0.251 e. The standard InChI is InChI=1S/C30H33N5O4S/c1-35(2)11-12-38-28-16-20(24-17-32-33-18-24)5-7-26(28)34-30(37)23-15-22-14-21(6-8-27(22)39-19-23)29(36)31-10-9-25-4-3-13-40-25/h3-8,13-14,16-18,23H,9-12,15,19H2,1-2H3,(H,31,36)(H,32,33)(H,34,37). The topological polar surface area (TPSA) is 109 Å². The van der Waals surface area contributed by atoms with E-state index in [9.17, 15) is 9.59 Å². The van der Waals surface area contributed by atoms with E-state index in [1.54, 1.807) is 23.6 Å². The van der Waals surface area contributed by atoms with Crippen molar-refractivity contribution in [1.29, 1.82) is 0 Å². The van der Waals surface area contributed by atoms with Gasteiger partial charge in [-0.2, -0.15) is 5.10 Å². The first kappa shape index (κ1) is 27.4. The first-order valence-corrected chi connectivity index (χ1v) is 14.1. The van der Waals surface area contributed by atoms with Crippen LogP contribution in [0.3, 0.4) is 0 Å². The molecule has 4 aromatic rings. The molecule has 0 radical (unpaired) electrons. The van der Waals surface area contributed by atoms with Gasteiger partial charge < -0.3 is 25.0 Å². The van der Waals surface area contributed by atoms with Crippen molar-refractivity contribution in [1.82, 2.24) is 20.4 Å². The zero-order valence-corrected chi connectivity index (χ0v) is 23.4. The highest BCUT2D eigenvalue weighted by molar-refractivity contribution is 7.09. The number of fused-ring (bicyclic) bond motifs is 1. The molecule has 0 saturated carbocycles. The fraction of sp³-hybridized carbons (Fsp3) is 0.300. The second kappa shape index (κ2) is 12.8. The number of benzene rings is 2. The fourth-order valence-electron chi connectivity index (χ4n) is 4.47. The van der Waals surface area contributed by atoms with Gasteiger partial charge in [0, 0.05) is 35.3 Å². The summed E-state index contributed by atoms with van der Waals surface area (Å²) in [6, 6.07) is 15.1. The molecule has 40 heavy (non-hydrogen) atoms. The molecule has 1 atom stereocenters. The first-order valence-electron chi connectivity index (χ1n) is 13.2. The van der Waals surface area contributed by atoms with Gasteiger partial charge in [-0.05, 0) is 79.8 Å². The fourth-order valence-corrected chi connectivity index (χ4v) is 5.18. The summed E-state index contributed by atoms with van der Waals surface area (Å²) in [4.78, 5) is 29.4. The Kier molecular flexibility index (Phi) is 8.78. The molecule has 1 aliphatic heterocycles. The Bertz CT molecular complexity index is 1440. The Morgan fingerprint density at radius 3 is 2.85 bits per heavy atom. The lowest BCUT2D eigenvalue weighted by atomic mass is 9.94. The van der Waals surface area contributed by atoms with Crippen molar-refractivity contribution in [2.45, 2.75) is 12.8 Å². The molecule has 3 N–H and O–H groups in total. The van der Waals surface area contributed by atoms with Crippen molar-refractivity contribution in [3.8, 4) is 22.6 Å². The summed E-state index contributed by atoms with van der Waals surface area (Å²) in [5, 5.41) is 14.9.